The van der Waals surface area contributed by atoms with Gasteiger partial charge in [-0.05, 0) is 61.3 Å². The first-order valence-corrected chi connectivity index (χ1v) is 9.93. The summed E-state index contributed by atoms with van der Waals surface area (Å²) < 4.78 is 43.7. The molecule has 2 aromatic carbocycles. The van der Waals surface area contributed by atoms with Crippen molar-refractivity contribution in [2.45, 2.75) is 12.8 Å². The van der Waals surface area contributed by atoms with Gasteiger partial charge < -0.3 is 16.0 Å². The molecule has 0 saturated heterocycles. The molecular formula is C23H22F3N3O. The lowest BCUT2D eigenvalue weighted by Crippen LogP contribution is -2.21. The molecule has 0 aliphatic carbocycles. The zero-order valence-corrected chi connectivity index (χ0v) is 16.3. The van der Waals surface area contributed by atoms with Gasteiger partial charge in [-0.15, -0.1) is 0 Å². The Hall–Kier alpha value is -2.90. The Morgan fingerprint density at radius 2 is 1.47 bits per heavy atom. The van der Waals surface area contributed by atoms with E-state index in [1.807, 2.05) is 12.2 Å². The van der Waals surface area contributed by atoms with Crippen LogP contribution in [0.5, 0.6) is 0 Å². The largest absolute Gasteiger partial charge is 0.319 e. The topological polar surface area (TPSA) is 53.2 Å². The monoisotopic (exact) mass is 413 g/mol. The second-order valence-electron chi connectivity index (χ2n) is 7.30. The van der Waals surface area contributed by atoms with E-state index in [2.05, 4.69) is 16.0 Å². The number of hydrogen-bond acceptors (Lipinski definition) is 3. The minimum absolute atomic E-state index is 0.0377. The second-order valence-corrected chi connectivity index (χ2v) is 7.30. The lowest BCUT2D eigenvalue weighted by molar-refractivity contribution is 0.102. The van der Waals surface area contributed by atoms with Crippen molar-refractivity contribution in [3.63, 3.8) is 0 Å². The molecule has 0 unspecified atom stereocenters. The lowest BCUT2D eigenvalue weighted by atomic mass is 9.98. The molecule has 0 aromatic heterocycles. The number of halogens is 3. The molecule has 1 amide bonds. The first-order chi connectivity index (χ1) is 14.5. The molecule has 0 fully saturated rings. The molecule has 2 heterocycles. The van der Waals surface area contributed by atoms with Gasteiger partial charge in [0, 0.05) is 29.8 Å². The highest BCUT2D eigenvalue weighted by Crippen LogP contribution is 2.29. The molecule has 0 radical (unpaired) electrons. The Morgan fingerprint density at radius 1 is 0.833 bits per heavy atom. The first kappa shape index (κ1) is 20.4. The molecule has 4 nitrogen and oxygen atoms in total. The van der Waals surface area contributed by atoms with E-state index in [1.165, 1.54) is 18.2 Å². The van der Waals surface area contributed by atoms with Crippen molar-refractivity contribution in [2.24, 2.45) is 0 Å². The summed E-state index contributed by atoms with van der Waals surface area (Å²) in [7, 11) is 0. The number of carbonyl (C=O) groups excluding carboxylic acids is 1. The van der Waals surface area contributed by atoms with Crippen LogP contribution in [0.15, 0.2) is 42.5 Å². The van der Waals surface area contributed by atoms with Crippen molar-refractivity contribution < 1.29 is 18.0 Å². The van der Waals surface area contributed by atoms with Crippen LogP contribution in [0, 0.1) is 17.5 Å². The van der Waals surface area contributed by atoms with E-state index in [9.17, 15) is 18.0 Å². The number of rotatable bonds is 4. The van der Waals surface area contributed by atoms with Gasteiger partial charge in [0.2, 0.25) is 0 Å². The summed E-state index contributed by atoms with van der Waals surface area (Å²) in [6.45, 7) is 2.73. The minimum Gasteiger partial charge on any atom is -0.319 e. The highest BCUT2D eigenvalue weighted by atomic mass is 19.2. The smallest absolute Gasteiger partial charge is 0.255 e. The average molecular weight is 413 g/mol. The first-order valence-electron chi connectivity index (χ1n) is 9.93. The van der Waals surface area contributed by atoms with E-state index in [0.29, 0.717) is 38.0 Å². The minimum atomic E-state index is -1.13. The van der Waals surface area contributed by atoms with Crippen LogP contribution in [-0.2, 0) is 0 Å². The van der Waals surface area contributed by atoms with E-state index in [0.717, 1.165) is 23.8 Å². The van der Waals surface area contributed by atoms with Gasteiger partial charge in [-0.2, -0.15) is 0 Å². The normalized spacial score (nSPS) is 16.6. The highest BCUT2D eigenvalue weighted by Gasteiger charge is 2.20. The number of anilines is 1. The van der Waals surface area contributed by atoms with E-state index < -0.39 is 23.4 Å². The molecule has 156 valence electrons. The Bertz CT molecular complexity index is 1050. The molecule has 7 heteroatoms. The van der Waals surface area contributed by atoms with Gasteiger partial charge in [0.15, 0.2) is 11.6 Å². The van der Waals surface area contributed by atoms with E-state index in [-0.39, 0.29) is 16.8 Å². The SMILES string of the molecule is O=C(Nc1ccc(C2=CCNCC2)c(F)c1F)c1ccc(C2=CCNCC2)c(F)c1. The zero-order valence-electron chi connectivity index (χ0n) is 16.3. The van der Waals surface area contributed by atoms with Crippen LogP contribution >= 0.6 is 0 Å². The van der Waals surface area contributed by atoms with Gasteiger partial charge in [-0.1, -0.05) is 18.2 Å². The van der Waals surface area contributed by atoms with Crippen molar-refractivity contribution >= 4 is 22.7 Å². The Balaban J connectivity index is 1.54. The van der Waals surface area contributed by atoms with Crippen molar-refractivity contribution in [1.29, 1.82) is 0 Å². The van der Waals surface area contributed by atoms with Crippen LogP contribution in [0.4, 0.5) is 18.9 Å². The average Bonchev–Trinajstić information content (AvgIpc) is 2.78. The Kier molecular flexibility index (Phi) is 6.01. The standard InChI is InChI=1S/C23H22F3N3O/c24-19-13-16(1-2-17(19)14-5-9-27-10-6-14)23(30)29-20-4-3-18(21(25)22(20)26)15-7-11-28-12-8-15/h1-5,7,13,27-28H,6,8-12H2,(H,29,30). The molecule has 0 spiro atoms. The molecule has 2 aromatic rings. The van der Waals surface area contributed by atoms with Gasteiger partial charge in [0.25, 0.3) is 5.91 Å². The van der Waals surface area contributed by atoms with Crippen LogP contribution in [0.25, 0.3) is 11.1 Å². The fraction of sp³-hybridized carbons (Fsp3) is 0.261. The third-order valence-electron chi connectivity index (χ3n) is 5.38. The number of amides is 1. The Labute approximate surface area is 172 Å². The molecule has 2 aliphatic heterocycles. The van der Waals surface area contributed by atoms with Crippen LogP contribution in [0.1, 0.15) is 34.3 Å². The fourth-order valence-corrected chi connectivity index (χ4v) is 3.74. The molecular weight excluding hydrogens is 391 g/mol. The lowest BCUT2D eigenvalue weighted by Gasteiger charge is -2.17. The maximum Gasteiger partial charge on any atom is 0.255 e. The number of nitrogens with one attached hydrogen (secondary N) is 3. The molecule has 0 saturated carbocycles. The maximum atomic E-state index is 14.6. The molecule has 3 N–H and O–H groups in total. The summed E-state index contributed by atoms with van der Waals surface area (Å²) in [5, 5.41) is 8.62. The number of hydrogen-bond donors (Lipinski definition) is 3. The number of benzene rings is 2. The van der Waals surface area contributed by atoms with E-state index in [1.54, 1.807) is 6.07 Å². The van der Waals surface area contributed by atoms with Crippen LogP contribution in [0.3, 0.4) is 0 Å². The summed E-state index contributed by atoms with van der Waals surface area (Å²) >= 11 is 0. The highest BCUT2D eigenvalue weighted by molar-refractivity contribution is 6.04. The zero-order chi connectivity index (χ0) is 21.1. The molecule has 2 aliphatic rings. The van der Waals surface area contributed by atoms with Gasteiger partial charge in [0.1, 0.15) is 5.82 Å². The summed E-state index contributed by atoms with van der Waals surface area (Å²) in [6, 6.07) is 6.94. The van der Waals surface area contributed by atoms with Gasteiger partial charge in [0.05, 0.1) is 5.69 Å². The maximum absolute atomic E-state index is 14.6. The van der Waals surface area contributed by atoms with Crippen molar-refractivity contribution in [3.05, 3.63) is 76.6 Å². The van der Waals surface area contributed by atoms with Gasteiger partial charge >= 0.3 is 0 Å². The number of carbonyl (C=O) groups is 1. The van der Waals surface area contributed by atoms with Gasteiger partial charge in [-0.3, -0.25) is 4.79 Å². The molecule has 0 atom stereocenters. The van der Waals surface area contributed by atoms with Gasteiger partial charge in [-0.25, -0.2) is 13.2 Å². The van der Waals surface area contributed by atoms with E-state index >= 15 is 0 Å². The summed E-state index contributed by atoms with van der Waals surface area (Å²) in [5.41, 5.74) is 2.02. The van der Waals surface area contributed by atoms with Crippen LogP contribution < -0.4 is 16.0 Å². The van der Waals surface area contributed by atoms with Crippen molar-refractivity contribution in [2.75, 3.05) is 31.5 Å². The molecule has 30 heavy (non-hydrogen) atoms. The summed E-state index contributed by atoms with van der Waals surface area (Å²) in [6.07, 6.45) is 5.03. The van der Waals surface area contributed by atoms with Crippen LogP contribution in [-0.4, -0.2) is 32.1 Å². The summed E-state index contributed by atoms with van der Waals surface area (Å²) in [4.78, 5) is 12.5. The van der Waals surface area contributed by atoms with Crippen molar-refractivity contribution in [3.8, 4) is 0 Å². The van der Waals surface area contributed by atoms with Crippen molar-refractivity contribution in [1.82, 2.24) is 10.6 Å². The Morgan fingerprint density at radius 3 is 2.07 bits per heavy atom. The second kappa shape index (κ2) is 8.85. The predicted octanol–water partition coefficient (Wildman–Crippen LogP) is 4.11. The molecule has 0 bridgehead atoms. The third kappa shape index (κ3) is 4.17. The quantitative estimate of drug-likeness (QED) is 0.707. The van der Waals surface area contributed by atoms with Crippen LogP contribution in [0.2, 0.25) is 0 Å². The fourth-order valence-electron chi connectivity index (χ4n) is 3.74. The summed E-state index contributed by atoms with van der Waals surface area (Å²) in [5.74, 6) is -3.35. The molecule has 4 rings (SSSR count). The third-order valence-corrected chi connectivity index (χ3v) is 5.38. The predicted molar refractivity (Wildman–Crippen MR) is 112 cm³/mol. The van der Waals surface area contributed by atoms with E-state index in [4.69, 9.17) is 0 Å².